The van der Waals surface area contributed by atoms with Crippen molar-refractivity contribution in [3.8, 4) is 0 Å². The molecular weight excluding hydrogens is 619 g/mol. The second-order valence-corrected chi connectivity index (χ2v) is 14.7. The molecule has 2 heterocycles. The van der Waals surface area contributed by atoms with Crippen LogP contribution in [0.25, 0.3) is 0 Å². The Morgan fingerprint density at radius 3 is 1.68 bits per heavy atom. The second-order valence-electron chi connectivity index (χ2n) is 14.7. The number of ether oxygens (including phenoxy) is 1. The fourth-order valence-electron chi connectivity index (χ4n) is 7.26. The first-order chi connectivity index (χ1) is 24.1. The fraction of sp³-hybridized carbons (Fsp3) is 0.349. The molecule has 5 aromatic rings. The number of carbonyl (C=O) groups excluding carboxylic acids is 1. The lowest BCUT2D eigenvalue weighted by Crippen LogP contribution is -2.48. The van der Waals surface area contributed by atoms with Gasteiger partial charge in [-0.25, -0.2) is 9.78 Å². The van der Waals surface area contributed by atoms with Gasteiger partial charge in [-0.05, 0) is 70.0 Å². The van der Waals surface area contributed by atoms with Gasteiger partial charge in [-0.1, -0.05) is 121 Å². The maximum Gasteiger partial charge on any atom is 0.410 e. The molecule has 7 heteroatoms. The number of amides is 1. The summed E-state index contributed by atoms with van der Waals surface area (Å²) >= 11 is 0. The largest absolute Gasteiger partial charge is 0.444 e. The standard InChI is InChI=1S/C43H51N5O2/c1-42(2,3)50-41(49)47(39-26-28-46(29-27-39)30-34-18-10-6-11-19-34)31-38-32-48(40(44-38)33-45(4)5)43(35-20-12-7-13-21-35,36-22-14-8-15-23-36)37-24-16-9-17-25-37/h6-25,32,39H,26-31,33H2,1-5H3. The highest BCUT2D eigenvalue weighted by Gasteiger charge is 2.41. The molecule has 4 aromatic carbocycles. The molecule has 1 aliphatic heterocycles. The molecular formula is C43H51N5O2. The zero-order chi connectivity index (χ0) is 35.1. The molecule has 0 saturated carbocycles. The molecule has 0 N–H and O–H groups in total. The first-order valence-electron chi connectivity index (χ1n) is 17.8. The van der Waals surface area contributed by atoms with Crippen LogP contribution < -0.4 is 0 Å². The zero-order valence-electron chi connectivity index (χ0n) is 30.2. The average molecular weight is 670 g/mol. The van der Waals surface area contributed by atoms with Crippen molar-refractivity contribution in [1.29, 1.82) is 0 Å². The van der Waals surface area contributed by atoms with E-state index in [4.69, 9.17) is 9.72 Å². The van der Waals surface area contributed by atoms with Gasteiger partial charge in [0.25, 0.3) is 0 Å². The maximum absolute atomic E-state index is 14.0. The van der Waals surface area contributed by atoms with Crippen LogP contribution in [0.4, 0.5) is 4.79 Å². The summed E-state index contributed by atoms with van der Waals surface area (Å²) in [7, 11) is 4.15. The summed E-state index contributed by atoms with van der Waals surface area (Å²) in [4.78, 5) is 25.9. The van der Waals surface area contributed by atoms with E-state index in [0.717, 1.165) is 60.7 Å². The van der Waals surface area contributed by atoms with E-state index in [1.165, 1.54) is 5.56 Å². The SMILES string of the molecule is CN(C)Cc1nc(CN(C(=O)OC(C)(C)C)C2CCN(Cc3ccccc3)CC2)cn1C(c1ccccc1)(c1ccccc1)c1ccccc1. The number of nitrogens with zero attached hydrogens (tertiary/aromatic N) is 5. The predicted octanol–water partition coefficient (Wildman–Crippen LogP) is 8.19. The maximum atomic E-state index is 14.0. The van der Waals surface area contributed by atoms with Gasteiger partial charge in [-0.15, -0.1) is 0 Å². The number of hydrogen-bond acceptors (Lipinski definition) is 5. The summed E-state index contributed by atoms with van der Waals surface area (Å²) in [5, 5.41) is 0. The van der Waals surface area contributed by atoms with Crippen molar-refractivity contribution in [2.45, 2.75) is 70.4 Å². The molecule has 1 aliphatic rings. The van der Waals surface area contributed by atoms with Crippen LogP contribution in [-0.2, 0) is 29.9 Å². The van der Waals surface area contributed by atoms with Gasteiger partial charge >= 0.3 is 6.09 Å². The Balaban J connectivity index is 1.42. The molecule has 1 saturated heterocycles. The molecule has 6 rings (SSSR count). The van der Waals surface area contributed by atoms with Gasteiger partial charge in [0.05, 0.1) is 18.8 Å². The summed E-state index contributed by atoms with van der Waals surface area (Å²) < 4.78 is 8.40. The predicted molar refractivity (Wildman–Crippen MR) is 201 cm³/mol. The third-order valence-electron chi connectivity index (χ3n) is 9.43. The number of imidazole rings is 1. The minimum atomic E-state index is -0.708. The smallest absolute Gasteiger partial charge is 0.410 e. The fourth-order valence-corrected chi connectivity index (χ4v) is 7.26. The van der Waals surface area contributed by atoms with Gasteiger partial charge in [0.1, 0.15) is 17.0 Å². The molecule has 1 amide bonds. The van der Waals surface area contributed by atoms with E-state index in [1.54, 1.807) is 0 Å². The number of benzene rings is 4. The first-order valence-corrected chi connectivity index (χ1v) is 17.8. The number of rotatable bonds is 11. The number of aromatic nitrogens is 2. The van der Waals surface area contributed by atoms with Crippen LogP contribution in [0.2, 0.25) is 0 Å². The van der Waals surface area contributed by atoms with Crippen molar-refractivity contribution >= 4 is 6.09 Å². The van der Waals surface area contributed by atoms with Gasteiger partial charge in [-0.3, -0.25) is 9.80 Å². The van der Waals surface area contributed by atoms with Crippen molar-refractivity contribution in [1.82, 2.24) is 24.3 Å². The van der Waals surface area contributed by atoms with Crippen molar-refractivity contribution in [2.75, 3.05) is 27.2 Å². The minimum Gasteiger partial charge on any atom is -0.444 e. The highest BCUT2D eigenvalue weighted by atomic mass is 16.6. The zero-order valence-corrected chi connectivity index (χ0v) is 30.2. The molecule has 0 radical (unpaired) electrons. The Morgan fingerprint density at radius 1 is 0.740 bits per heavy atom. The lowest BCUT2D eigenvalue weighted by molar-refractivity contribution is 0.00507. The monoisotopic (exact) mass is 669 g/mol. The number of piperidine rings is 1. The summed E-state index contributed by atoms with van der Waals surface area (Å²) in [5.41, 5.74) is 4.24. The lowest BCUT2D eigenvalue weighted by Gasteiger charge is -2.39. The summed E-state index contributed by atoms with van der Waals surface area (Å²) in [6.07, 6.45) is 3.63. The quantitative estimate of drug-likeness (QED) is 0.133. The Morgan fingerprint density at radius 2 is 1.22 bits per heavy atom. The molecule has 50 heavy (non-hydrogen) atoms. The number of hydrogen-bond donors (Lipinski definition) is 0. The average Bonchev–Trinajstić information content (AvgIpc) is 3.50. The second kappa shape index (κ2) is 15.4. The Labute approximate surface area is 298 Å². The molecule has 1 aromatic heterocycles. The summed E-state index contributed by atoms with van der Waals surface area (Å²) in [6, 6.07) is 42.7. The van der Waals surface area contributed by atoms with E-state index < -0.39 is 11.1 Å². The van der Waals surface area contributed by atoms with Crippen LogP contribution in [0, 0.1) is 0 Å². The van der Waals surface area contributed by atoms with Crippen LogP contribution in [0.15, 0.2) is 128 Å². The molecule has 0 bridgehead atoms. The molecule has 0 unspecified atom stereocenters. The highest BCUT2D eigenvalue weighted by Crippen LogP contribution is 2.42. The van der Waals surface area contributed by atoms with Crippen LogP contribution in [-0.4, -0.2) is 69.2 Å². The third kappa shape index (κ3) is 8.01. The van der Waals surface area contributed by atoms with E-state index in [9.17, 15) is 4.79 Å². The Bertz CT molecular complexity index is 1700. The topological polar surface area (TPSA) is 53.8 Å². The lowest BCUT2D eigenvalue weighted by atomic mass is 9.76. The van der Waals surface area contributed by atoms with E-state index in [1.807, 2.05) is 25.7 Å². The number of carbonyl (C=O) groups is 1. The van der Waals surface area contributed by atoms with Crippen LogP contribution in [0.3, 0.4) is 0 Å². The molecule has 1 fully saturated rings. The van der Waals surface area contributed by atoms with E-state index in [2.05, 4.69) is 156 Å². The highest BCUT2D eigenvalue weighted by molar-refractivity contribution is 5.68. The minimum absolute atomic E-state index is 0.0430. The van der Waals surface area contributed by atoms with Gasteiger partial charge in [0.15, 0.2) is 0 Å². The van der Waals surface area contributed by atoms with E-state index in [-0.39, 0.29) is 12.1 Å². The van der Waals surface area contributed by atoms with Crippen molar-refractivity contribution in [3.63, 3.8) is 0 Å². The summed E-state index contributed by atoms with van der Waals surface area (Å²) in [5.74, 6) is 0.920. The molecule has 0 atom stereocenters. The first kappa shape index (κ1) is 35.1. The molecule has 260 valence electrons. The van der Waals surface area contributed by atoms with Gasteiger partial charge < -0.3 is 14.2 Å². The van der Waals surface area contributed by atoms with Crippen molar-refractivity contribution in [2.24, 2.45) is 0 Å². The molecule has 0 aliphatic carbocycles. The van der Waals surface area contributed by atoms with E-state index >= 15 is 0 Å². The van der Waals surface area contributed by atoms with E-state index in [0.29, 0.717) is 13.1 Å². The van der Waals surface area contributed by atoms with Gasteiger partial charge in [-0.2, -0.15) is 0 Å². The summed E-state index contributed by atoms with van der Waals surface area (Å²) in [6.45, 7) is 9.53. The Hall–Kier alpha value is -4.72. The van der Waals surface area contributed by atoms with Crippen molar-refractivity contribution < 1.29 is 9.53 Å². The van der Waals surface area contributed by atoms with Crippen LogP contribution >= 0.6 is 0 Å². The third-order valence-corrected chi connectivity index (χ3v) is 9.43. The van der Waals surface area contributed by atoms with Crippen molar-refractivity contribution in [3.05, 3.63) is 161 Å². The van der Waals surface area contributed by atoms with Gasteiger partial charge in [0.2, 0.25) is 0 Å². The molecule has 0 spiro atoms. The van der Waals surface area contributed by atoms with Gasteiger partial charge in [0, 0.05) is 31.9 Å². The van der Waals surface area contributed by atoms with Crippen LogP contribution in [0.1, 0.15) is 67.4 Å². The normalized spacial score (nSPS) is 14.5. The Kier molecular flexibility index (Phi) is 10.8. The molecule has 7 nitrogen and oxygen atoms in total. The number of likely N-dealkylation sites (tertiary alicyclic amines) is 1. The van der Waals surface area contributed by atoms with Crippen LogP contribution in [0.5, 0.6) is 0 Å².